The molecule has 0 saturated carbocycles. The molecule has 18 heavy (non-hydrogen) atoms. The summed E-state index contributed by atoms with van der Waals surface area (Å²) in [5.41, 5.74) is 0.890. The number of nitrogens with one attached hydrogen (secondary N) is 1. The van der Waals surface area contributed by atoms with Crippen LogP contribution < -0.4 is 5.32 Å². The van der Waals surface area contributed by atoms with Crippen molar-refractivity contribution in [2.45, 2.75) is 26.8 Å². The van der Waals surface area contributed by atoms with Crippen LogP contribution in [0.15, 0.2) is 15.9 Å². The van der Waals surface area contributed by atoms with Gasteiger partial charge in [-0.1, -0.05) is 18.5 Å². The number of aromatic nitrogens is 2. The zero-order valence-corrected chi connectivity index (χ0v) is 13.3. The minimum atomic E-state index is 0.523. The molecule has 0 aliphatic heterocycles. The van der Waals surface area contributed by atoms with Crippen LogP contribution in [0.2, 0.25) is 5.15 Å². The van der Waals surface area contributed by atoms with Crippen molar-refractivity contribution < 1.29 is 0 Å². The Bertz CT molecular complexity index is 556. The van der Waals surface area contributed by atoms with Crippen LogP contribution in [0.3, 0.4) is 0 Å². The topological polar surface area (TPSA) is 37.8 Å². The summed E-state index contributed by atoms with van der Waals surface area (Å²) in [7, 11) is 0. The molecule has 1 N–H and O–H groups in total. The Kier molecular flexibility index (Phi) is 4.59. The van der Waals surface area contributed by atoms with E-state index in [9.17, 15) is 0 Å². The summed E-state index contributed by atoms with van der Waals surface area (Å²) in [6, 6.07) is 2.04. The molecule has 0 fully saturated rings. The Morgan fingerprint density at radius 3 is 2.83 bits per heavy atom. The van der Waals surface area contributed by atoms with Gasteiger partial charge in [0.1, 0.15) is 16.8 Å². The first-order valence-corrected chi connectivity index (χ1v) is 7.65. The van der Waals surface area contributed by atoms with Crippen LogP contribution >= 0.6 is 38.9 Å². The lowest BCUT2D eigenvalue weighted by atomic mass is 10.3. The Morgan fingerprint density at radius 1 is 1.44 bits per heavy atom. The quantitative estimate of drug-likeness (QED) is 0.832. The molecule has 0 aliphatic rings. The van der Waals surface area contributed by atoms with Crippen LogP contribution in [-0.2, 0) is 13.0 Å². The minimum Gasteiger partial charge on any atom is -0.365 e. The molecule has 2 aromatic rings. The van der Waals surface area contributed by atoms with E-state index < -0.39 is 0 Å². The van der Waals surface area contributed by atoms with Gasteiger partial charge in [0, 0.05) is 21.3 Å². The van der Waals surface area contributed by atoms with Gasteiger partial charge in [0.25, 0.3) is 0 Å². The fourth-order valence-corrected chi connectivity index (χ4v) is 3.10. The number of anilines is 1. The largest absolute Gasteiger partial charge is 0.365 e. The molecule has 0 radical (unpaired) electrons. The highest BCUT2D eigenvalue weighted by atomic mass is 79.9. The molecule has 0 aliphatic carbocycles. The van der Waals surface area contributed by atoms with Crippen molar-refractivity contribution in [3.05, 3.63) is 37.3 Å². The van der Waals surface area contributed by atoms with Crippen LogP contribution in [0.5, 0.6) is 0 Å². The molecule has 0 bridgehead atoms. The zero-order valence-electron chi connectivity index (χ0n) is 10.1. The molecular formula is C12H13BrClN3S. The van der Waals surface area contributed by atoms with Crippen LogP contribution in [0.25, 0.3) is 0 Å². The van der Waals surface area contributed by atoms with E-state index in [4.69, 9.17) is 11.6 Å². The number of rotatable bonds is 4. The third-order valence-corrected chi connectivity index (χ3v) is 4.85. The van der Waals surface area contributed by atoms with Crippen molar-refractivity contribution in [1.29, 1.82) is 0 Å². The standard InChI is InChI=1S/C12H13BrClN3S/c1-3-10-16-11(14)7(2)12(17-10)15-6-9-8(13)4-5-18-9/h4-5H,3,6H2,1-2H3,(H,15,16,17). The second-order valence-electron chi connectivity index (χ2n) is 3.80. The highest BCUT2D eigenvalue weighted by molar-refractivity contribution is 9.10. The summed E-state index contributed by atoms with van der Waals surface area (Å²) in [6.45, 7) is 4.67. The van der Waals surface area contributed by atoms with Crippen molar-refractivity contribution in [3.63, 3.8) is 0 Å². The molecule has 6 heteroatoms. The van der Waals surface area contributed by atoms with Gasteiger partial charge in [-0.25, -0.2) is 9.97 Å². The Morgan fingerprint density at radius 2 is 2.22 bits per heavy atom. The summed E-state index contributed by atoms with van der Waals surface area (Å²) in [6.07, 6.45) is 0.775. The predicted molar refractivity (Wildman–Crippen MR) is 80.5 cm³/mol. The summed E-state index contributed by atoms with van der Waals surface area (Å²) < 4.78 is 1.12. The third-order valence-electron chi connectivity index (χ3n) is 2.56. The summed E-state index contributed by atoms with van der Waals surface area (Å²) >= 11 is 11.3. The Hall–Kier alpha value is -0.650. The van der Waals surface area contributed by atoms with Gasteiger partial charge in [0.2, 0.25) is 0 Å². The van der Waals surface area contributed by atoms with Gasteiger partial charge in [-0.2, -0.15) is 0 Å². The zero-order chi connectivity index (χ0) is 13.1. The van der Waals surface area contributed by atoms with Gasteiger partial charge in [0.15, 0.2) is 0 Å². The second-order valence-corrected chi connectivity index (χ2v) is 6.02. The molecule has 0 spiro atoms. The average Bonchev–Trinajstić information content (AvgIpc) is 2.76. The van der Waals surface area contributed by atoms with E-state index in [1.165, 1.54) is 4.88 Å². The number of halogens is 2. The average molecular weight is 347 g/mol. The summed E-state index contributed by atoms with van der Waals surface area (Å²) in [5.74, 6) is 1.57. The Balaban J connectivity index is 2.18. The van der Waals surface area contributed by atoms with Crippen LogP contribution in [0.4, 0.5) is 5.82 Å². The molecule has 2 heterocycles. The van der Waals surface area contributed by atoms with Crippen LogP contribution in [0, 0.1) is 6.92 Å². The lowest BCUT2D eigenvalue weighted by Crippen LogP contribution is -2.06. The minimum absolute atomic E-state index is 0.523. The van der Waals surface area contributed by atoms with E-state index in [-0.39, 0.29) is 0 Å². The normalized spacial score (nSPS) is 10.7. The number of hydrogen-bond donors (Lipinski definition) is 1. The van der Waals surface area contributed by atoms with Crippen LogP contribution in [-0.4, -0.2) is 9.97 Å². The first-order chi connectivity index (χ1) is 8.61. The Labute approximate surface area is 124 Å². The van der Waals surface area contributed by atoms with Crippen molar-refractivity contribution in [1.82, 2.24) is 9.97 Å². The van der Waals surface area contributed by atoms with E-state index >= 15 is 0 Å². The van der Waals surface area contributed by atoms with Gasteiger partial charge in [-0.3, -0.25) is 0 Å². The highest BCUT2D eigenvalue weighted by Gasteiger charge is 2.09. The highest BCUT2D eigenvalue weighted by Crippen LogP contribution is 2.25. The number of hydrogen-bond acceptors (Lipinski definition) is 4. The van der Waals surface area contributed by atoms with E-state index in [0.717, 1.165) is 34.6 Å². The third kappa shape index (κ3) is 3.02. The molecule has 96 valence electrons. The van der Waals surface area contributed by atoms with Gasteiger partial charge < -0.3 is 5.32 Å². The summed E-state index contributed by atoms with van der Waals surface area (Å²) in [4.78, 5) is 9.92. The van der Waals surface area contributed by atoms with E-state index in [0.29, 0.717) is 5.15 Å². The van der Waals surface area contributed by atoms with E-state index in [1.54, 1.807) is 11.3 Å². The second kappa shape index (κ2) is 5.99. The molecule has 2 aromatic heterocycles. The molecule has 0 atom stereocenters. The molecule has 0 saturated heterocycles. The first-order valence-electron chi connectivity index (χ1n) is 5.60. The maximum Gasteiger partial charge on any atom is 0.137 e. The molecular weight excluding hydrogens is 334 g/mol. The van der Waals surface area contributed by atoms with E-state index in [2.05, 4.69) is 36.6 Å². The SMILES string of the molecule is CCc1nc(Cl)c(C)c(NCc2sccc2Br)n1. The monoisotopic (exact) mass is 345 g/mol. The van der Waals surface area contributed by atoms with Gasteiger partial charge in [0.05, 0.1) is 6.54 Å². The van der Waals surface area contributed by atoms with Crippen molar-refractivity contribution >= 4 is 44.7 Å². The lowest BCUT2D eigenvalue weighted by Gasteiger charge is -2.10. The van der Waals surface area contributed by atoms with Crippen LogP contribution in [0.1, 0.15) is 23.2 Å². The molecule has 0 amide bonds. The first kappa shape index (κ1) is 13.8. The van der Waals surface area contributed by atoms with Gasteiger partial charge in [-0.05, 0) is 34.3 Å². The smallest absolute Gasteiger partial charge is 0.137 e. The lowest BCUT2D eigenvalue weighted by molar-refractivity contribution is 0.924. The number of thiophene rings is 1. The fourth-order valence-electron chi connectivity index (χ4n) is 1.48. The number of nitrogens with zero attached hydrogens (tertiary/aromatic N) is 2. The fraction of sp³-hybridized carbons (Fsp3) is 0.333. The molecule has 0 aromatic carbocycles. The molecule has 0 unspecified atom stereocenters. The van der Waals surface area contributed by atoms with Crippen molar-refractivity contribution in [3.8, 4) is 0 Å². The maximum absolute atomic E-state index is 6.09. The van der Waals surface area contributed by atoms with Crippen molar-refractivity contribution in [2.75, 3.05) is 5.32 Å². The number of aryl methyl sites for hydroxylation is 1. The predicted octanol–water partition coefficient (Wildman–Crippen LogP) is 4.44. The van der Waals surface area contributed by atoms with Gasteiger partial charge in [-0.15, -0.1) is 11.3 Å². The van der Waals surface area contributed by atoms with Crippen molar-refractivity contribution in [2.24, 2.45) is 0 Å². The molecule has 2 rings (SSSR count). The van der Waals surface area contributed by atoms with E-state index in [1.807, 2.05) is 19.9 Å². The summed E-state index contributed by atoms with van der Waals surface area (Å²) in [5, 5.41) is 5.89. The van der Waals surface area contributed by atoms with Gasteiger partial charge >= 0.3 is 0 Å². The molecule has 3 nitrogen and oxygen atoms in total. The maximum atomic E-state index is 6.09.